The molecular weight excluding hydrogens is 278 g/mol. The fourth-order valence-corrected chi connectivity index (χ4v) is 4.84. The molecule has 1 aliphatic carbocycles. The number of hydrogen-bond acceptors (Lipinski definition) is 5. The molecule has 1 saturated carbocycles. The van der Waals surface area contributed by atoms with Crippen molar-refractivity contribution in [2.75, 3.05) is 11.5 Å². The zero-order valence-electron chi connectivity index (χ0n) is 11.6. The Morgan fingerprint density at radius 1 is 1.50 bits per heavy atom. The number of hydrogen-bond donors (Lipinski definition) is 2. The maximum atomic E-state index is 11.7. The van der Waals surface area contributed by atoms with E-state index in [4.69, 9.17) is 0 Å². The molecule has 112 valence electrons. The van der Waals surface area contributed by atoms with E-state index in [9.17, 15) is 13.5 Å². The first-order chi connectivity index (χ1) is 9.44. The van der Waals surface area contributed by atoms with Crippen molar-refractivity contribution in [3.8, 4) is 0 Å². The van der Waals surface area contributed by atoms with Crippen molar-refractivity contribution in [3.63, 3.8) is 0 Å². The van der Waals surface area contributed by atoms with E-state index >= 15 is 0 Å². The summed E-state index contributed by atoms with van der Waals surface area (Å²) < 4.78 is 25.1. The number of aliphatic hydroxyl groups excluding tert-OH is 1. The maximum Gasteiger partial charge on any atom is 0.151 e. The van der Waals surface area contributed by atoms with Gasteiger partial charge in [0.15, 0.2) is 9.84 Å². The van der Waals surface area contributed by atoms with Crippen LogP contribution in [-0.4, -0.2) is 53.0 Å². The number of aliphatic hydroxyl groups is 1. The van der Waals surface area contributed by atoms with E-state index in [1.807, 2.05) is 13.1 Å². The van der Waals surface area contributed by atoms with E-state index in [-0.39, 0.29) is 23.9 Å². The minimum atomic E-state index is -2.90. The summed E-state index contributed by atoms with van der Waals surface area (Å²) in [4.78, 5) is 0. The van der Waals surface area contributed by atoms with Gasteiger partial charge in [-0.15, -0.1) is 0 Å². The Balaban J connectivity index is 1.66. The molecule has 4 atom stereocenters. The highest BCUT2D eigenvalue weighted by atomic mass is 32.2. The monoisotopic (exact) mass is 299 g/mol. The summed E-state index contributed by atoms with van der Waals surface area (Å²) in [5.74, 6) is 0.519. The van der Waals surface area contributed by atoms with Gasteiger partial charge in [-0.1, -0.05) is 0 Å². The minimum Gasteiger partial charge on any atom is -0.391 e. The molecule has 3 rings (SSSR count). The Kier molecular flexibility index (Phi) is 3.60. The topological polar surface area (TPSA) is 84.2 Å². The molecule has 6 nitrogen and oxygen atoms in total. The Hall–Kier alpha value is -0.920. The quantitative estimate of drug-likeness (QED) is 0.823. The van der Waals surface area contributed by atoms with Crippen LogP contribution in [0.5, 0.6) is 0 Å². The molecule has 1 saturated heterocycles. The summed E-state index contributed by atoms with van der Waals surface area (Å²) in [6.07, 6.45) is 5.54. The second kappa shape index (κ2) is 5.13. The van der Waals surface area contributed by atoms with Crippen LogP contribution in [0, 0.1) is 6.92 Å². The first-order valence-electron chi connectivity index (χ1n) is 7.10. The summed E-state index contributed by atoms with van der Waals surface area (Å²) in [5, 5.41) is 17.6. The van der Waals surface area contributed by atoms with Crippen molar-refractivity contribution in [1.82, 2.24) is 15.1 Å². The van der Waals surface area contributed by atoms with Crippen molar-refractivity contribution in [1.29, 1.82) is 0 Å². The molecule has 0 spiro atoms. The van der Waals surface area contributed by atoms with Crippen LogP contribution in [0.2, 0.25) is 0 Å². The van der Waals surface area contributed by atoms with Crippen molar-refractivity contribution in [3.05, 3.63) is 18.0 Å². The predicted octanol–water partition coefficient (Wildman–Crippen LogP) is 0.0326. The highest BCUT2D eigenvalue weighted by molar-refractivity contribution is 7.91. The summed E-state index contributed by atoms with van der Waals surface area (Å²) in [5.41, 5.74) is 1.06. The molecule has 1 aromatic rings. The molecule has 0 bridgehead atoms. The molecule has 0 radical (unpaired) electrons. The number of nitrogens with one attached hydrogen (secondary N) is 1. The first-order valence-corrected chi connectivity index (χ1v) is 8.92. The molecule has 1 aromatic heterocycles. The lowest BCUT2D eigenvalue weighted by molar-refractivity contribution is -0.0112. The second-order valence-electron chi connectivity index (χ2n) is 6.02. The number of aromatic nitrogens is 2. The molecule has 2 fully saturated rings. The first kappa shape index (κ1) is 14.0. The van der Waals surface area contributed by atoms with Gasteiger partial charge in [0, 0.05) is 18.3 Å². The van der Waals surface area contributed by atoms with Gasteiger partial charge in [-0.25, -0.2) is 8.42 Å². The van der Waals surface area contributed by atoms with Crippen molar-refractivity contribution in [2.24, 2.45) is 0 Å². The van der Waals surface area contributed by atoms with Crippen LogP contribution in [0.3, 0.4) is 0 Å². The van der Waals surface area contributed by atoms with Crippen LogP contribution in [0.15, 0.2) is 12.4 Å². The van der Waals surface area contributed by atoms with Gasteiger partial charge in [0.1, 0.15) is 0 Å². The van der Waals surface area contributed by atoms with Crippen LogP contribution in [0.25, 0.3) is 0 Å². The van der Waals surface area contributed by atoms with Gasteiger partial charge >= 0.3 is 0 Å². The molecule has 20 heavy (non-hydrogen) atoms. The van der Waals surface area contributed by atoms with E-state index in [1.165, 1.54) is 0 Å². The van der Waals surface area contributed by atoms with Gasteiger partial charge in [-0.2, -0.15) is 5.10 Å². The molecule has 2 N–H and O–H groups in total. The van der Waals surface area contributed by atoms with E-state index < -0.39 is 15.9 Å². The van der Waals surface area contributed by atoms with Crippen LogP contribution in [0.1, 0.15) is 30.9 Å². The van der Waals surface area contributed by atoms with E-state index in [2.05, 4.69) is 10.4 Å². The maximum absolute atomic E-state index is 11.7. The lowest BCUT2D eigenvalue weighted by atomic mass is 9.82. The zero-order valence-corrected chi connectivity index (χ0v) is 12.4. The van der Waals surface area contributed by atoms with E-state index in [0.29, 0.717) is 12.2 Å². The fraction of sp³-hybridized carbons (Fsp3) is 0.769. The molecule has 7 heteroatoms. The Labute approximate surface area is 119 Å². The summed E-state index contributed by atoms with van der Waals surface area (Å²) >= 11 is 0. The number of sulfone groups is 1. The largest absolute Gasteiger partial charge is 0.391 e. The summed E-state index contributed by atoms with van der Waals surface area (Å²) in [6, 6.07) is 0.0151. The molecule has 0 amide bonds. The third-order valence-corrected chi connectivity index (χ3v) is 6.07. The molecular formula is C13H21N3O3S. The van der Waals surface area contributed by atoms with Gasteiger partial charge in [0.05, 0.1) is 29.8 Å². The fourth-order valence-electron chi connectivity index (χ4n) is 3.19. The molecule has 1 unspecified atom stereocenters. The second-order valence-corrected chi connectivity index (χ2v) is 8.25. The van der Waals surface area contributed by atoms with Crippen LogP contribution in [-0.2, 0) is 9.84 Å². The molecule has 2 heterocycles. The van der Waals surface area contributed by atoms with Crippen LogP contribution >= 0.6 is 0 Å². The average Bonchev–Trinajstić information content (AvgIpc) is 2.73. The lowest BCUT2D eigenvalue weighted by Crippen LogP contribution is -2.58. The van der Waals surface area contributed by atoms with Gasteiger partial charge < -0.3 is 10.4 Å². The zero-order chi connectivity index (χ0) is 14.3. The van der Waals surface area contributed by atoms with Gasteiger partial charge in [0.2, 0.25) is 0 Å². The molecule has 2 aliphatic rings. The Morgan fingerprint density at radius 3 is 2.90 bits per heavy atom. The SMILES string of the molecule is Cc1cnn([C@H]2[C@H](O)C[C@@H]2NC2CCCS(=O)(=O)C2)c1. The van der Waals surface area contributed by atoms with E-state index in [0.717, 1.165) is 18.4 Å². The third kappa shape index (κ3) is 2.75. The lowest BCUT2D eigenvalue weighted by Gasteiger charge is -2.44. The number of rotatable bonds is 3. The smallest absolute Gasteiger partial charge is 0.151 e. The van der Waals surface area contributed by atoms with Gasteiger partial charge in [-0.3, -0.25) is 4.68 Å². The van der Waals surface area contributed by atoms with Gasteiger partial charge in [0.25, 0.3) is 0 Å². The predicted molar refractivity (Wildman–Crippen MR) is 75.2 cm³/mol. The van der Waals surface area contributed by atoms with Crippen molar-refractivity contribution < 1.29 is 13.5 Å². The highest BCUT2D eigenvalue weighted by Crippen LogP contribution is 2.33. The van der Waals surface area contributed by atoms with Gasteiger partial charge in [-0.05, 0) is 31.7 Å². The number of nitrogens with zero attached hydrogens (tertiary/aromatic N) is 2. The van der Waals surface area contributed by atoms with Crippen LogP contribution in [0.4, 0.5) is 0 Å². The summed E-state index contributed by atoms with van der Waals surface area (Å²) in [6.45, 7) is 1.96. The highest BCUT2D eigenvalue weighted by Gasteiger charge is 2.43. The summed E-state index contributed by atoms with van der Waals surface area (Å²) in [7, 11) is -2.90. The third-order valence-electron chi connectivity index (χ3n) is 4.25. The Bertz CT molecular complexity index is 583. The standard InChI is InChI=1S/C13H21N3O3S/c1-9-6-14-16(7-9)13-11(5-12(13)17)15-10-3-2-4-20(18,19)8-10/h6-7,10-13,15,17H,2-5,8H2,1H3/t10?,11-,12+,13+/m0/s1. The Morgan fingerprint density at radius 2 is 2.30 bits per heavy atom. The van der Waals surface area contributed by atoms with Crippen LogP contribution < -0.4 is 5.32 Å². The molecule has 1 aliphatic heterocycles. The normalized spacial score (nSPS) is 36.5. The molecule has 0 aromatic carbocycles. The van der Waals surface area contributed by atoms with Crippen molar-refractivity contribution in [2.45, 2.75) is 50.4 Å². The van der Waals surface area contributed by atoms with E-state index in [1.54, 1.807) is 10.9 Å². The van der Waals surface area contributed by atoms with Crippen molar-refractivity contribution >= 4 is 9.84 Å². The number of aryl methyl sites for hydroxylation is 1. The average molecular weight is 299 g/mol. The minimum absolute atomic E-state index is 0.00501.